The molecule has 0 unspecified atom stereocenters. The number of Topliss-reactive ketones (excluding diaryl/α,β-unsaturated/α-hetero) is 1. The van der Waals surface area contributed by atoms with Crippen LogP contribution in [-0.4, -0.2) is 388 Å². The van der Waals surface area contributed by atoms with Gasteiger partial charge in [0, 0.05) is 18.7 Å². The minimum Gasteiger partial charge on any atom is -0.394 e. The molecule has 0 spiro atoms. The summed E-state index contributed by atoms with van der Waals surface area (Å²) in [6.45, 7) is -8.82. The summed E-state index contributed by atoms with van der Waals surface area (Å²) < 4.78 is 86.9. The number of nitro benzene ring substituents is 1. The summed E-state index contributed by atoms with van der Waals surface area (Å²) in [5.41, 5.74) is -0.835. The number of ketones is 1. The van der Waals surface area contributed by atoms with E-state index >= 15 is 0 Å². The van der Waals surface area contributed by atoms with Gasteiger partial charge < -0.3 is 179 Å². The Kier molecular flexibility index (Phi) is 24.4. The largest absolute Gasteiger partial charge is 0.394 e. The third-order valence-electron chi connectivity index (χ3n) is 17.0. The van der Waals surface area contributed by atoms with Crippen molar-refractivity contribution in [3.63, 3.8) is 0 Å². The highest BCUT2D eigenvalue weighted by molar-refractivity contribution is 5.98. The van der Waals surface area contributed by atoms with Gasteiger partial charge in [0.15, 0.2) is 49.8 Å². The SMILES string of the molecule is CNc1ccc(C(=O)CO[C@H]2[C@H]3O[C@H]4[C@H](O)[C@@H](O)[C@@H](O[C@H]5[C@H](O)[C@@H](O)[C@@H](O[C@H]6[C@H](O)[C@@H](O)[C@@H](O[C@H]7[C@H](O)[C@@H](O)[C@@H](O[C@H]8[C@H](O)[C@@H](O)[C@@H](O[C@H]9[C@H](O)[C@@H](O)[C@@H](O[C@@H]([C@@H]2O)[C@@H](CO)O3)O[C@@H]9CO)O[C@@H]8CO)O[C@@H]7CO)O[C@@H]6CO)O[C@@H]5CO)O[C@@H]4CO)cc1[N+](=O)[O-]. The second-order valence-electron chi connectivity index (χ2n) is 22.6. The van der Waals surface area contributed by atoms with Crippen molar-refractivity contribution >= 4 is 17.2 Å². The van der Waals surface area contributed by atoms with Gasteiger partial charge in [-0.05, 0) is 12.1 Å². The lowest BCUT2D eigenvalue weighted by Gasteiger charge is -2.50. The van der Waals surface area contributed by atoms with E-state index in [0.29, 0.717) is 0 Å². The first-order chi connectivity index (χ1) is 43.4. The normalized spacial score (nSPS) is 48.5. The summed E-state index contributed by atoms with van der Waals surface area (Å²) in [5, 5.41) is 238. The minimum atomic E-state index is -2.31. The van der Waals surface area contributed by atoms with Gasteiger partial charge >= 0.3 is 0 Å². The van der Waals surface area contributed by atoms with Gasteiger partial charge in [-0.3, -0.25) is 14.9 Å². The second kappa shape index (κ2) is 30.8. The number of anilines is 1. The highest BCUT2D eigenvalue weighted by Crippen LogP contribution is 2.40. The van der Waals surface area contributed by atoms with E-state index in [2.05, 4.69) is 5.32 Å². The molecule has 0 aromatic heterocycles. The molecule has 0 amide bonds. The number of carbonyl (C=O) groups excluding carboxylic acids is 1. The van der Waals surface area contributed by atoms with Gasteiger partial charge in [-0.2, -0.15) is 0 Å². The number of aliphatic hydroxyl groups excluding tert-OH is 20. The average Bonchev–Trinajstić information content (AvgIpc) is 0.797. The molecule has 1 aromatic rings. The maximum atomic E-state index is 13.7. The van der Waals surface area contributed by atoms with E-state index < -0.39 is 284 Å². The van der Waals surface area contributed by atoms with Crippen molar-refractivity contribution in [2.75, 3.05) is 65.2 Å². The Balaban J connectivity index is 1.03. The molecule has 40 nitrogen and oxygen atoms in total. The van der Waals surface area contributed by atoms with Crippen LogP contribution in [0.1, 0.15) is 10.4 Å². The summed E-state index contributed by atoms with van der Waals surface area (Å²) in [7, 11) is 1.38. The third-order valence-corrected chi connectivity index (χ3v) is 17.0. The quantitative estimate of drug-likeness (QED) is 0.0495. The lowest BCUT2D eigenvalue weighted by atomic mass is 9.95. The van der Waals surface area contributed by atoms with Crippen LogP contribution in [-0.2, 0) is 71.1 Å². The maximum Gasteiger partial charge on any atom is 0.293 e. The van der Waals surface area contributed by atoms with Gasteiger partial charge in [-0.1, -0.05) is 0 Å². The van der Waals surface area contributed by atoms with Crippen LogP contribution in [0.2, 0.25) is 0 Å². The van der Waals surface area contributed by atoms with Gasteiger partial charge in [-0.15, -0.1) is 0 Å². The van der Waals surface area contributed by atoms with E-state index in [0.717, 1.165) is 6.07 Å². The monoisotopic (exact) mass is 1330 g/mol. The Morgan fingerprint density at radius 1 is 0.396 bits per heavy atom. The molecular weight excluding hydrogens is 1250 g/mol. The van der Waals surface area contributed by atoms with E-state index in [1.54, 1.807) is 0 Å². The summed E-state index contributed by atoms with van der Waals surface area (Å²) >= 11 is 0. The lowest BCUT2D eigenvalue weighted by Crippen LogP contribution is -2.68. The van der Waals surface area contributed by atoms with Crippen molar-refractivity contribution < 1.29 is 183 Å². The molecule has 520 valence electrons. The minimum absolute atomic E-state index is 0.0102. The average molecular weight is 1330 g/mol. The number of nitrogens with one attached hydrogen (secondary N) is 1. The Morgan fingerprint density at radius 3 is 0.879 bits per heavy atom. The van der Waals surface area contributed by atoms with Crippen molar-refractivity contribution in [1.82, 2.24) is 0 Å². The topological polar surface area (TPSA) is 615 Å². The molecule has 0 saturated carbocycles. The summed E-state index contributed by atoms with van der Waals surface area (Å²) in [5.74, 6) is -0.978. The first-order valence-electron chi connectivity index (χ1n) is 28.8. The predicted molar refractivity (Wildman–Crippen MR) is 279 cm³/mol. The molecule has 15 heterocycles. The van der Waals surface area contributed by atoms with Crippen molar-refractivity contribution in [3.8, 4) is 0 Å². The van der Waals surface area contributed by atoms with Crippen molar-refractivity contribution in [2.24, 2.45) is 0 Å². The van der Waals surface area contributed by atoms with E-state index in [4.69, 9.17) is 71.1 Å². The van der Waals surface area contributed by atoms with Crippen LogP contribution >= 0.6 is 0 Å². The number of nitrogens with zero attached hydrogens (tertiary/aromatic N) is 1. The van der Waals surface area contributed by atoms with E-state index in [1.807, 2.05) is 0 Å². The predicted octanol–water partition coefficient (Wildman–Crippen LogP) is -13.4. The number of aliphatic hydroxyl groups is 20. The molecule has 21 N–H and O–H groups in total. The second-order valence-corrected chi connectivity index (χ2v) is 22.6. The molecule has 0 radical (unpaired) electrons. The van der Waals surface area contributed by atoms with Gasteiger partial charge in [0.25, 0.3) is 5.69 Å². The summed E-state index contributed by atoms with van der Waals surface area (Å²) in [6, 6.07) is 3.30. The standard InChI is InChI=1S/C51H78N2O38/c1-52-14-3-2-13(4-15(14)53(75)76)16(61)12-77-44-36(74)43-23(11-60)84-51(44)91-42-22(10-59)83-49(35(73)29(42)67)89-40-20(8-57)81-47(33(71)27(40)65)87-38-18(6-55)79-45(31(69)25(38)63)85-37-17(5-54)78-46(30(68)24(37)62)86-39-19(7-56)80-48(32(70)26(39)64)88-41-21(9-58)82-50(90-43)34(72)28(41)66/h2-4,17-52,54-60,62-74H,5-12H2,1H3/t17-,18-,19-,20-,21-,22-,23-,24-,25-,26-,27-,28-,29-,30-,31-,32-,33-,34-,35-,36+,37-,38-,39-,40-,41-,42-,43-,44-,45-,46-,47-,48-,49-,50-,51-/m1/s1. The number of nitro groups is 1. The third kappa shape index (κ3) is 14.6. The highest BCUT2D eigenvalue weighted by atomic mass is 16.8. The molecule has 35 atom stereocenters. The van der Waals surface area contributed by atoms with Crippen LogP contribution in [0.5, 0.6) is 0 Å². The van der Waals surface area contributed by atoms with Crippen molar-refractivity contribution in [3.05, 3.63) is 33.9 Å². The first-order valence-corrected chi connectivity index (χ1v) is 28.8. The Hall–Kier alpha value is -3.31. The molecule has 15 aliphatic heterocycles. The molecular formula is C51H78N2O38. The van der Waals surface area contributed by atoms with E-state index in [-0.39, 0.29) is 11.3 Å². The number of hydrogen-bond donors (Lipinski definition) is 21. The smallest absolute Gasteiger partial charge is 0.293 e. The molecule has 15 saturated heterocycles. The molecule has 15 aliphatic rings. The van der Waals surface area contributed by atoms with Gasteiger partial charge in [0.2, 0.25) is 0 Å². The fourth-order valence-corrected chi connectivity index (χ4v) is 11.9. The molecule has 91 heavy (non-hydrogen) atoms. The van der Waals surface area contributed by atoms with Crippen LogP contribution in [0.3, 0.4) is 0 Å². The first kappa shape index (κ1) is 72.0. The highest BCUT2D eigenvalue weighted by Gasteiger charge is 2.60. The zero-order valence-electron chi connectivity index (χ0n) is 47.8. The zero-order valence-corrected chi connectivity index (χ0v) is 47.8. The summed E-state index contributed by atoms with van der Waals surface area (Å²) in [4.78, 5) is 24.8. The fourth-order valence-electron chi connectivity index (χ4n) is 11.9. The Morgan fingerprint density at radius 2 is 0.637 bits per heavy atom. The Labute approximate surface area is 513 Å². The van der Waals surface area contributed by atoms with E-state index in [1.165, 1.54) is 19.2 Å². The number of benzene rings is 1. The number of fused-ring (bicyclic) bond motifs is 7. The van der Waals surface area contributed by atoms with E-state index in [9.17, 15) is 117 Å². The van der Waals surface area contributed by atoms with Crippen LogP contribution < -0.4 is 5.32 Å². The van der Waals surface area contributed by atoms with Crippen LogP contribution in [0.25, 0.3) is 0 Å². The van der Waals surface area contributed by atoms with Crippen LogP contribution in [0.4, 0.5) is 11.4 Å². The fraction of sp³-hybridized carbons (Fsp3) is 0.863. The lowest BCUT2D eigenvalue weighted by molar-refractivity contribution is -0.398. The van der Waals surface area contributed by atoms with Gasteiger partial charge in [-0.25, -0.2) is 0 Å². The molecule has 1 aromatic carbocycles. The molecule has 16 rings (SSSR count). The van der Waals surface area contributed by atoms with Crippen molar-refractivity contribution in [1.29, 1.82) is 0 Å². The maximum absolute atomic E-state index is 13.7. The van der Waals surface area contributed by atoms with Crippen LogP contribution in [0.15, 0.2) is 18.2 Å². The number of carbonyl (C=O) groups is 1. The number of rotatable bonds is 13. The molecule has 0 aliphatic carbocycles. The van der Waals surface area contributed by atoms with Crippen LogP contribution in [0, 0.1) is 10.1 Å². The van der Waals surface area contributed by atoms with Crippen molar-refractivity contribution in [2.45, 2.75) is 215 Å². The van der Waals surface area contributed by atoms with Gasteiger partial charge in [0.05, 0.1) is 51.2 Å². The number of hydrogen-bond acceptors (Lipinski definition) is 39. The van der Waals surface area contributed by atoms with Gasteiger partial charge in [0.1, 0.15) is 183 Å². The Bertz CT molecular complexity index is 2510. The molecule has 14 bridgehead atoms. The molecule has 15 fully saturated rings. The summed E-state index contributed by atoms with van der Waals surface area (Å²) in [6.07, 6.45) is -72.6. The molecule has 40 heteroatoms. The number of ether oxygens (including phenoxy) is 15. The zero-order chi connectivity index (χ0) is 66.2.